The van der Waals surface area contributed by atoms with Gasteiger partial charge in [-0.3, -0.25) is 0 Å². The summed E-state index contributed by atoms with van der Waals surface area (Å²) in [5, 5.41) is 0. The first kappa shape index (κ1) is 14.0. The van der Waals surface area contributed by atoms with E-state index in [0.717, 1.165) is 22.4 Å². The molecule has 2 rings (SSSR count). The average Bonchev–Trinajstić information content (AvgIpc) is 2.34. The van der Waals surface area contributed by atoms with Crippen molar-refractivity contribution in [1.82, 2.24) is 0 Å². The number of aryl methyl sites for hydroxylation is 2. The summed E-state index contributed by atoms with van der Waals surface area (Å²) in [5.41, 5.74) is 10.8. The predicted octanol–water partition coefficient (Wildman–Crippen LogP) is 4.45. The van der Waals surface area contributed by atoms with Crippen LogP contribution in [0.2, 0.25) is 0 Å². The van der Waals surface area contributed by atoms with E-state index in [1.54, 1.807) is 0 Å². The van der Waals surface area contributed by atoms with Gasteiger partial charge in [0.05, 0.1) is 0 Å². The highest BCUT2D eigenvalue weighted by atomic mass is 14.6. The highest BCUT2D eigenvalue weighted by Gasteiger charge is 2.25. The number of nitrogens with two attached hydrogens (primary N) is 1. The summed E-state index contributed by atoms with van der Waals surface area (Å²) in [5.74, 6) is 7.38. The van der Waals surface area contributed by atoms with Crippen molar-refractivity contribution >= 4 is 5.69 Å². The quantitative estimate of drug-likeness (QED) is 0.538. The molecule has 1 nitrogen and oxygen atoms in total. The summed E-state index contributed by atoms with van der Waals surface area (Å²) in [6, 6.07) is 4.20. The molecule has 0 aliphatic heterocycles. The van der Waals surface area contributed by atoms with Gasteiger partial charge in [0.1, 0.15) is 0 Å². The molecule has 1 heteroatoms. The molecular weight excluding hydrogens is 230 g/mol. The normalized spacial score (nSPS) is 18.7. The maximum atomic E-state index is 5.97. The molecule has 19 heavy (non-hydrogen) atoms. The Hall–Kier alpha value is -1.42. The highest BCUT2D eigenvalue weighted by Crippen LogP contribution is 2.37. The molecule has 0 spiro atoms. The van der Waals surface area contributed by atoms with Crippen molar-refractivity contribution in [2.75, 3.05) is 5.73 Å². The second kappa shape index (κ2) is 5.29. The van der Waals surface area contributed by atoms with Gasteiger partial charge >= 0.3 is 0 Å². The van der Waals surface area contributed by atoms with Crippen LogP contribution in [0, 0.1) is 37.0 Å². The molecule has 102 valence electrons. The lowest BCUT2D eigenvalue weighted by molar-refractivity contribution is 0.217. The molecule has 0 heterocycles. The van der Waals surface area contributed by atoms with E-state index < -0.39 is 0 Å². The van der Waals surface area contributed by atoms with Gasteiger partial charge in [-0.05, 0) is 68.2 Å². The zero-order valence-corrected chi connectivity index (χ0v) is 12.6. The Bertz CT molecular complexity index is 495. The Labute approximate surface area is 117 Å². The minimum atomic E-state index is 0.520. The Kier molecular flexibility index (Phi) is 3.90. The van der Waals surface area contributed by atoms with Crippen molar-refractivity contribution < 1.29 is 0 Å². The zero-order valence-electron chi connectivity index (χ0n) is 12.6. The van der Waals surface area contributed by atoms with E-state index in [1.807, 2.05) is 0 Å². The first-order valence-corrected chi connectivity index (χ1v) is 7.26. The fraction of sp³-hybridized carbons (Fsp3) is 0.556. The Morgan fingerprint density at radius 2 is 1.63 bits per heavy atom. The van der Waals surface area contributed by atoms with Crippen molar-refractivity contribution in [3.05, 3.63) is 28.8 Å². The summed E-state index contributed by atoms with van der Waals surface area (Å²) in [6.45, 7) is 8.83. The third-order valence-corrected chi connectivity index (χ3v) is 4.35. The molecule has 1 aliphatic rings. The summed E-state index contributed by atoms with van der Waals surface area (Å²) < 4.78 is 0. The van der Waals surface area contributed by atoms with E-state index in [0.29, 0.717) is 11.3 Å². The number of benzene rings is 1. The van der Waals surface area contributed by atoms with Gasteiger partial charge in [0.15, 0.2) is 0 Å². The summed E-state index contributed by atoms with van der Waals surface area (Å²) >= 11 is 0. The lowest BCUT2D eigenvalue weighted by Gasteiger charge is -2.32. The molecule has 0 radical (unpaired) electrons. The fourth-order valence-corrected chi connectivity index (χ4v) is 2.78. The van der Waals surface area contributed by atoms with E-state index in [2.05, 4.69) is 51.7 Å². The predicted molar refractivity (Wildman–Crippen MR) is 82.9 cm³/mol. The van der Waals surface area contributed by atoms with Crippen LogP contribution in [-0.2, 0) is 0 Å². The van der Waals surface area contributed by atoms with Gasteiger partial charge < -0.3 is 5.73 Å². The van der Waals surface area contributed by atoms with Crippen LogP contribution in [0.4, 0.5) is 5.69 Å². The lowest BCUT2D eigenvalue weighted by atomic mass is 9.73. The van der Waals surface area contributed by atoms with Crippen LogP contribution in [0.3, 0.4) is 0 Å². The fourth-order valence-electron chi connectivity index (χ4n) is 2.78. The number of anilines is 1. The minimum Gasteiger partial charge on any atom is -0.398 e. The van der Waals surface area contributed by atoms with Crippen LogP contribution >= 0.6 is 0 Å². The van der Waals surface area contributed by atoms with Crippen LogP contribution in [0.1, 0.15) is 56.2 Å². The molecule has 1 aliphatic carbocycles. The maximum absolute atomic E-state index is 5.97. The molecule has 0 unspecified atom stereocenters. The first-order chi connectivity index (χ1) is 8.87. The Balaban J connectivity index is 2.09. The number of hydrogen-bond acceptors (Lipinski definition) is 1. The van der Waals surface area contributed by atoms with E-state index in [-0.39, 0.29) is 0 Å². The van der Waals surface area contributed by atoms with Gasteiger partial charge in [-0.2, -0.15) is 0 Å². The Morgan fingerprint density at radius 3 is 2.16 bits per heavy atom. The number of hydrogen-bond donors (Lipinski definition) is 1. The van der Waals surface area contributed by atoms with Gasteiger partial charge in [0.2, 0.25) is 0 Å². The molecule has 1 fully saturated rings. The van der Waals surface area contributed by atoms with Crippen molar-refractivity contribution in [2.45, 2.75) is 53.4 Å². The summed E-state index contributed by atoms with van der Waals surface area (Å²) in [6.07, 6.45) is 5.08. The highest BCUT2D eigenvalue weighted by molar-refractivity contribution is 5.57. The molecule has 0 saturated heterocycles. The van der Waals surface area contributed by atoms with Crippen molar-refractivity contribution in [2.24, 2.45) is 11.3 Å². The minimum absolute atomic E-state index is 0.520. The van der Waals surface area contributed by atoms with Gasteiger partial charge in [-0.1, -0.05) is 25.7 Å². The topological polar surface area (TPSA) is 26.0 Å². The van der Waals surface area contributed by atoms with E-state index >= 15 is 0 Å². The third-order valence-electron chi connectivity index (χ3n) is 4.35. The molecule has 0 atom stereocenters. The molecule has 1 aromatic rings. The van der Waals surface area contributed by atoms with Gasteiger partial charge in [0.25, 0.3) is 0 Å². The molecular formula is C18H25N. The van der Waals surface area contributed by atoms with Crippen molar-refractivity contribution in [1.29, 1.82) is 0 Å². The molecule has 1 aromatic carbocycles. The van der Waals surface area contributed by atoms with Crippen LogP contribution in [0.25, 0.3) is 0 Å². The zero-order chi connectivity index (χ0) is 14.0. The second-order valence-corrected chi connectivity index (χ2v) is 6.73. The smallest absolute Gasteiger partial charge is 0.0374 e. The van der Waals surface area contributed by atoms with Gasteiger partial charge in [0, 0.05) is 17.2 Å². The largest absolute Gasteiger partial charge is 0.398 e. The first-order valence-electron chi connectivity index (χ1n) is 7.26. The van der Waals surface area contributed by atoms with Crippen LogP contribution < -0.4 is 5.73 Å². The van der Waals surface area contributed by atoms with Crippen LogP contribution in [0.5, 0.6) is 0 Å². The van der Waals surface area contributed by atoms with Crippen LogP contribution in [0.15, 0.2) is 12.1 Å². The van der Waals surface area contributed by atoms with Crippen molar-refractivity contribution in [3.8, 4) is 11.8 Å². The molecule has 2 N–H and O–H groups in total. The standard InChI is InChI=1S/C18H25N/c1-13-11-16(12-14(2)17(13)19)6-5-15-7-9-18(3,4)10-8-15/h11-12,15H,7-10,19H2,1-4H3. The summed E-state index contributed by atoms with van der Waals surface area (Å²) in [4.78, 5) is 0. The van der Waals surface area contributed by atoms with Crippen molar-refractivity contribution in [3.63, 3.8) is 0 Å². The number of rotatable bonds is 0. The van der Waals surface area contributed by atoms with Gasteiger partial charge in [-0.15, -0.1) is 0 Å². The monoisotopic (exact) mass is 255 g/mol. The third kappa shape index (κ3) is 3.53. The molecule has 0 bridgehead atoms. The lowest BCUT2D eigenvalue weighted by Crippen LogP contribution is -2.20. The SMILES string of the molecule is Cc1cc(C#CC2CCC(C)(C)CC2)cc(C)c1N. The summed E-state index contributed by atoms with van der Waals surface area (Å²) in [7, 11) is 0. The molecule has 0 aromatic heterocycles. The Morgan fingerprint density at radius 1 is 1.11 bits per heavy atom. The maximum Gasteiger partial charge on any atom is 0.0374 e. The average molecular weight is 255 g/mol. The van der Waals surface area contributed by atoms with E-state index in [9.17, 15) is 0 Å². The number of nitrogen functional groups attached to an aromatic ring is 1. The van der Waals surface area contributed by atoms with Gasteiger partial charge in [-0.25, -0.2) is 0 Å². The molecule has 0 amide bonds. The van der Waals surface area contributed by atoms with E-state index in [4.69, 9.17) is 5.73 Å². The van der Waals surface area contributed by atoms with E-state index in [1.165, 1.54) is 25.7 Å². The second-order valence-electron chi connectivity index (χ2n) is 6.73. The molecule has 1 saturated carbocycles. The van der Waals surface area contributed by atoms with Crippen LogP contribution in [-0.4, -0.2) is 0 Å².